The lowest BCUT2D eigenvalue weighted by atomic mass is 9.82. The van der Waals surface area contributed by atoms with E-state index in [2.05, 4.69) is 20.8 Å². The summed E-state index contributed by atoms with van der Waals surface area (Å²) in [4.78, 5) is 25.5. The van der Waals surface area contributed by atoms with Crippen molar-refractivity contribution in [1.82, 2.24) is 0 Å². The molecule has 0 spiro atoms. The Morgan fingerprint density at radius 1 is 0.571 bits per heavy atom. The Balaban J connectivity index is 3.81. The quantitative estimate of drug-likeness (QED) is 0.0717. The lowest BCUT2D eigenvalue weighted by molar-refractivity contribution is -0.174. The van der Waals surface area contributed by atoms with Crippen molar-refractivity contribution in [3.8, 4) is 0 Å². The first kappa shape index (κ1) is 33.9. The number of unbranched alkanes of at least 4 members (excludes halogenated alkanes) is 15. The molecule has 0 aliphatic carbocycles. The molecular formula is C31H60O4. The number of ether oxygens (including phenoxy) is 2. The molecule has 0 aromatic carbocycles. The molecule has 208 valence electrons. The lowest BCUT2D eigenvalue weighted by Gasteiger charge is -2.27. The largest absolute Gasteiger partial charge is 0.465 e. The molecule has 0 aliphatic rings. The molecule has 0 heterocycles. The number of hydrogen-bond acceptors (Lipinski definition) is 4. The zero-order valence-corrected chi connectivity index (χ0v) is 24.3. The summed E-state index contributed by atoms with van der Waals surface area (Å²) in [5, 5.41) is 0. The fraction of sp³-hybridized carbons (Fsp3) is 0.935. The second-order valence-corrected chi connectivity index (χ2v) is 10.7. The third-order valence-electron chi connectivity index (χ3n) is 7.50. The van der Waals surface area contributed by atoms with Crippen LogP contribution in [0.1, 0.15) is 163 Å². The third kappa shape index (κ3) is 16.3. The van der Waals surface area contributed by atoms with Crippen LogP contribution in [0.15, 0.2) is 0 Å². The van der Waals surface area contributed by atoms with Gasteiger partial charge in [-0.2, -0.15) is 0 Å². The van der Waals surface area contributed by atoms with E-state index in [9.17, 15) is 9.59 Å². The van der Waals surface area contributed by atoms with Crippen molar-refractivity contribution in [2.24, 2.45) is 11.3 Å². The highest BCUT2D eigenvalue weighted by molar-refractivity contribution is 6.00. The topological polar surface area (TPSA) is 52.6 Å². The summed E-state index contributed by atoms with van der Waals surface area (Å²) in [6.07, 6.45) is 24.0. The van der Waals surface area contributed by atoms with Gasteiger partial charge in [0.15, 0.2) is 5.41 Å². The van der Waals surface area contributed by atoms with E-state index in [1.807, 2.05) is 13.8 Å². The van der Waals surface area contributed by atoms with Crippen molar-refractivity contribution in [1.29, 1.82) is 0 Å². The number of rotatable bonds is 25. The van der Waals surface area contributed by atoms with Gasteiger partial charge in [-0.1, -0.05) is 137 Å². The fourth-order valence-corrected chi connectivity index (χ4v) is 4.80. The molecule has 1 atom stereocenters. The van der Waals surface area contributed by atoms with Crippen molar-refractivity contribution in [2.75, 3.05) is 13.2 Å². The van der Waals surface area contributed by atoms with Gasteiger partial charge in [0.05, 0.1) is 13.2 Å². The zero-order chi connectivity index (χ0) is 26.2. The highest BCUT2D eigenvalue weighted by Crippen LogP contribution is 2.30. The molecule has 0 aromatic heterocycles. The van der Waals surface area contributed by atoms with Crippen molar-refractivity contribution in [3.05, 3.63) is 0 Å². The maximum absolute atomic E-state index is 12.8. The van der Waals surface area contributed by atoms with Gasteiger partial charge in [0.1, 0.15) is 0 Å². The first-order valence-corrected chi connectivity index (χ1v) is 15.3. The van der Waals surface area contributed by atoms with Gasteiger partial charge >= 0.3 is 11.9 Å². The van der Waals surface area contributed by atoms with Gasteiger partial charge in [-0.3, -0.25) is 9.59 Å². The third-order valence-corrected chi connectivity index (χ3v) is 7.50. The average molecular weight is 497 g/mol. The summed E-state index contributed by atoms with van der Waals surface area (Å²) in [6.45, 7) is 11.0. The molecule has 0 saturated heterocycles. The van der Waals surface area contributed by atoms with Crippen LogP contribution < -0.4 is 0 Å². The minimum Gasteiger partial charge on any atom is -0.465 e. The van der Waals surface area contributed by atoms with Crippen LogP contribution in [0.25, 0.3) is 0 Å². The molecule has 0 N–H and O–H groups in total. The zero-order valence-electron chi connectivity index (χ0n) is 24.3. The Bertz CT molecular complexity index is 498. The Hall–Kier alpha value is -1.06. The monoisotopic (exact) mass is 496 g/mol. The summed E-state index contributed by atoms with van der Waals surface area (Å²) in [5.41, 5.74) is -1.15. The van der Waals surface area contributed by atoms with Crippen LogP contribution in [0.4, 0.5) is 0 Å². The summed E-state index contributed by atoms with van der Waals surface area (Å²) in [5.74, 6) is -0.504. The highest BCUT2D eigenvalue weighted by Gasteiger charge is 2.46. The van der Waals surface area contributed by atoms with Crippen LogP contribution in [0.3, 0.4) is 0 Å². The molecule has 0 fully saturated rings. The van der Waals surface area contributed by atoms with E-state index in [0.29, 0.717) is 32.0 Å². The van der Waals surface area contributed by atoms with E-state index in [4.69, 9.17) is 9.47 Å². The van der Waals surface area contributed by atoms with Crippen LogP contribution in [0, 0.1) is 11.3 Å². The SMILES string of the molecule is CCCCCCCCCCCCCCCCCCOC(=O)C(CC)(CC)C(=O)OCC(C)CCC. The van der Waals surface area contributed by atoms with Crippen LogP contribution in [-0.2, 0) is 19.1 Å². The number of esters is 2. The fourth-order valence-electron chi connectivity index (χ4n) is 4.80. The molecule has 0 aromatic rings. The van der Waals surface area contributed by atoms with E-state index in [1.165, 1.54) is 89.9 Å². The number of hydrogen-bond donors (Lipinski definition) is 0. The second kappa shape index (κ2) is 23.3. The Labute approximate surface area is 218 Å². The molecule has 0 amide bonds. The molecule has 0 saturated carbocycles. The standard InChI is InChI=1S/C31H60O4/c1-6-10-11-12-13-14-15-16-17-18-19-20-21-22-23-24-26-34-29(32)31(8-3,9-4)30(33)35-27-28(5)25-7-2/h28H,6-27H2,1-5H3. The molecule has 35 heavy (non-hydrogen) atoms. The predicted molar refractivity (Wildman–Crippen MR) is 149 cm³/mol. The maximum atomic E-state index is 12.8. The molecule has 0 radical (unpaired) electrons. The molecular weight excluding hydrogens is 436 g/mol. The number of carbonyl (C=O) groups excluding carboxylic acids is 2. The van der Waals surface area contributed by atoms with E-state index < -0.39 is 17.4 Å². The molecule has 0 aliphatic heterocycles. The first-order valence-electron chi connectivity index (χ1n) is 15.3. The first-order chi connectivity index (χ1) is 17.0. The summed E-state index contributed by atoms with van der Waals surface area (Å²) < 4.78 is 11.1. The Morgan fingerprint density at radius 3 is 1.37 bits per heavy atom. The predicted octanol–water partition coefficient (Wildman–Crippen LogP) is 9.58. The second-order valence-electron chi connectivity index (χ2n) is 10.7. The van der Waals surface area contributed by atoms with Crippen LogP contribution in [-0.4, -0.2) is 25.2 Å². The highest BCUT2D eigenvalue weighted by atomic mass is 16.6. The van der Waals surface area contributed by atoms with Gasteiger partial charge in [0.25, 0.3) is 0 Å². The minimum absolute atomic E-state index is 0.316. The van der Waals surface area contributed by atoms with Gasteiger partial charge in [0.2, 0.25) is 0 Å². The molecule has 1 unspecified atom stereocenters. The Kier molecular flexibility index (Phi) is 22.6. The van der Waals surface area contributed by atoms with Crippen molar-refractivity contribution in [2.45, 2.75) is 163 Å². The molecule has 0 bridgehead atoms. The molecule has 4 heteroatoms. The van der Waals surface area contributed by atoms with Crippen molar-refractivity contribution >= 4 is 11.9 Å². The smallest absolute Gasteiger partial charge is 0.323 e. The van der Waals surface area contributed by atoms with E-state index in [0.717, 1.165) is 25.7 Å². The van der Waals surface area contributed by atoms with Crippen LogP contribution in [0.2, 0.25) is 0 Å². The van der Waals surface area contributed by atoms with Crippen LogP contribution in [0.5, 0.6) is 0 Å². The van der Waals surface area contributed by atoms with E-state index in [-0.39, 0.29) is 0 Å². The van der Waals surface area contributed by atoms with Gasteiger partial charge in [-0.25, -0.2) is 0 Å². The van der Waals surface area contributed by atoms with Gasteiger partial charge < -0.3 is 9.47 Å². The molecule has 0 rings (SSSR count). The van der Waals surface area contributed by atoms with E-state index >= 15 is 0 Å². The van der Waals surface area contributed by atoms with Crippen molar-refractivity contribution in [3.63, 3.8) is 0 Å². The molecule has 4 nitrogen and oxygen atoms in total. The number of carbonyl (C=O) groups is 2. The minimum atomic E-state index is -1.15. The normalized spacial score (nSPS) is 12.5. The lowest BCUT2D eigenvalue weighted by Crippen LogP contribution is -2.41. The van der Waals surface area contributed by atoms with Crippen LogP contribution >= 0.6 is 0 Å². The van der Waals surface area contributed by atoms with Gasteiger partial charge in [-0.15, -0.1) is 0 Å². The summed E-state index contributed by atoms with van der Waals surface area (Å²) in [7, 11) is 0. The maximum Gasteiger partial charge on any atom is 0.323 e. The van der Waals surface area contributed by atoms with E-state index in [1.54, 1.807) is 0 Å². The average Bonchev–Trinajstić information content (AvgIpc) is 2.86. The van der Waals surface area contributed by atoms with Crippen molar-refractivity contribution < 1.29 is 19.1 Å². The Morgan fingerprint density at radius 2 is 0.971 bits per heavy atom. The van der Waals surface area contributed by atoms with Gasteiger partial charge in [0, 0.05) is 0 Å². The summed E-state index contributed by atoms with van der Waals surface area (Å²) in [6, 6.07) is 0. The van der Waals surface area contributed by atoms with Gasteiger partial charge in [-0.05, 0) is 31.6 Å². The summed E-state index contributed by atoms with van der Waals surface area (Å²) >= 11 is 0.